The van der Waals surface area contributed by atoms with Gasteiger partial charge in [0.25, 0.3) is 0 Å². The third-order valence-corrected chi connectivity index (χ3v) is 2.90. The molecule has 0 saturated carbocycles. The monoisotopic (exact) mass is 341 g/mol. The zero-order chi connectivity index (χ0) is 18.6. The third kappa shape index (κ3) is 14.8. The van der Waals surface area contributed by atoms with Gasteiger partial charge in [-0.15, -0.1) is 0 Å². The number of carbonyl (C=O) groups is 3. The van der Waals surface area contributed by atoms with E-state index in [1.165, 1.54) is 0 Å². The quantitative estimate of drug-likeness (QED) is 0.182. The highest BCUT2D eigenvalue weighted by Crippen LogP contribution is 2.07. The first kappa shape index (κ1) is 21.9. The molecule has 0 aromatic carbocycles. The Balaban J connectivity index is 4.13. The molecule has 0 spiro atoms. The standard InChI is InChI=1S/C17H27NO6/c1-18(2,3)13-14(12-16(21)22)24-17(23)11-9-7-5-4-6-8-10-15(19)20/h7-10,14H,4-6,11-13H2,1-3H3,(H-,19,20,21,22)/b9-7+,10-8+. The molecule has 0 aromatic rings. The average Bonchev–Trinajstić information content (AvgIpc) is 2.38. The predicted octanol–water partition coefficient (Wildman–Crippen LogP) is 0.502. The van der Waals surface area contributed by atoms with Crippen LogP contribution < -0.4 is 5.11 Å². The molecule has 7 nitrogen and oxygen atoms in total. The van der Waals surface area contributed by atoms with Gasteiger partial charge in [-0.3, -0.25) is 4.79 Å². The molecule has 0 aliphatic carbocycles. The Morgan fingerprint density at radius 1 is 1.12 bits per heavy atom. The van der Waals surface area contributed by atoms with Gasteiger partial charge in [0, 0.05) is 18.5 Å². The number of hydrogen-bond acceptors (Lipinski definition) is 5. The van der Waals surface area contributed by atoms with Crippen molar-refractivity contribution in [1.82, 2.24) is 0 Å². The van der Waals surface area contributed by atoms with Crippen LogP contribution in [0, 0.1) is 0 Å². The van der Waals surface area contributed by atoms with E-state index in [2.05, 4.69) is 0 Å². The smallest absolute Gasteiger partial charge is 0.327 e. The van der Waals surface area contributed by atoms with Crippen molar-refractivity contribution < 1.29 is 33.8 Å². The van der Waals surface area contributed by atoms with Crippen molar-refractivity contribution in [1.29, 1.82) is 0 Å². The van der Waals surface area contributed by atoms with Gasteiger partial charge in [0.15, 0.2) is 6.10 Å². The van der Waals surface area contributed by atoms with Crippen LogP contribution >= 0.6 is 0 Å². The summed E-state index contributed by atoms with van der Waals surface area (Å²) in [6.45, 7) is 0.388. The Hall–Kier alpha value is -2.15. The molecule has 0 heterocycles. The Bertz CT molecular complexity index is 476. The minimum absolute atomic E-state index is 0.0751. The fourth-order valence-electron chi connectivity index (χ4n) is 2.01. The maximum Gasteiger partial charge on any atom is 0.327 e. The van der Waals surface area contributed by atoms with E-state index in [-0.39, 0.29) is 12.8 Å². The molecular weight excluding hydrogens is 314 g/mol. The van der Waals surface area contributed by atoms with Gasteiger partial charge >= 0.3 is 11.9 Å². The molecule has 0 saturated heterocycles. The van der Waals surface area contributed by atoms with Crippen LogP contribution in [0.15, 0.2) is 24.3 Å². The second-order valence-corrected chi connectivity index (χ2v) is 6.51. The largest absolute Gasteiger partial charge is 0.550 e. The lowest BCUT2D eigenvalue weighted by molar-refractivity contribution is -0.873. The fraction of sp³-hybridized carbons (Fsp3) is 0.588. The molecule has 1 N–H and O–H groups in total. The highest BCUT2D eigenvalue weighted by Gasteiger charge is 2.21. The lowest BCUT2D eigenvalue weighted by Crippen LogP contribution is -2.45. The second kappa shape index (κ2) is 11.4. The zero-order valence-corrected chi connectivity index (χ0v) is 14.6. The maximum absolute atomic E-state index is 11.8. The molecule has 7 heteroatoms. The number of aliphatic carboxylic acids is 2. The summed E-state index contributed by atoms with van der Waals surface area (Å²) in [5, 5.41) is 19.2. The summed E-state index contributed by atoms with van der Waals surface area (Å²) >= 11 is 0. The molecule has 24 heavy (non-hydrogen) atoms. The predicted molar refractivity (Wildman–Crippen MR) is 86.8 cm³/mol. The SMILES string of the molecule is C[N+](C)(C)CC(CC(=O)[O-])OC(=O)C/C=C/CCC/C=C/C(=O)O. The molecule has 0 amide bonds. The number of ether oxygens (including phenoxy) is 1. The fourth-order valence-corrected chi connectivity index (χ4v) is 2.01. The molecule has 0 bridgehead atoms. The molecule has 1 atom stereocenters. The van der Waals surface area contributed by atoms with Crippen LogP contribution in [0.3, 0.4) is 0 Å². The first-order chi connectivity index (χ1) is 11.1. The van der Waals surface area contributed by atoms with Crippen LogP contribution in [0.5, 0.6) is 0 Å². The van der Waals surface area contributed by atoms with Crippen molar-refractivity contribution in [2.24, 2.45) is 0 Å². The number of allylic oxidation sites excluding steroid dienone is 2. The third-order valence-electron chi connectivity index (χ3n) is 2.90. The van der Waals surface area contributed by atoms with E-state index in [1.807, 2.05) is 27.2 Å². The first-order valence-electron chi connectivity index (χ1n) is 7.84. The maximum atomic E-state index is 11.8. The average molecular weight is 341 g/mol. The van der Waals surface area contributed by atoms with Gasteiger partial charge in [-0.25, -0.2) is 4.79 Å². The van der Waals surface area contributed by atoms with E-state index in [9.17, 15) is 19.5 Å². The van der Waals surface area contributed by atoms with E-state index < -0.39 is 24.0 Å². The van der Waals surface area contributed by atoms with Crippen LogP contribution in [0.25, 0.3) is 0 Å². The van der Waals surface area contributed by atoms with Gasteiger partial charge in [0.1, 0.15) is 6.54 Å². The summed E-state index contributed by atoms with van der Waals surface area (Å²) < 4.78 is 5.68. The number of unbranched alkanes of at least 4 members (excludes halogenated alkanes) is 2. The van der Waals surface area contributed by atoms with Crippen molar-refractivity contribution >= 4 is 17.9 Å². The summed E-state index contributed by atoms with van der Waals surface area (Å²) in [4.78, 5) is 32.8. The lowest BCUT2D eigenvalue weighted by atomic mass is 10.2. The number of quaternary nitrogens is 1. The number of carboxylic acids is 2. The van der Waals surface area contributed by atoms with Crippen LogP contribution in [-0.4, -0.2) is 61.3 Å². The van der Waals surface area contributed by atoms with Crippen LogP contribution in [0.4, 0.5) is 0 Å². The molecule has 0 fully saturated rings. The number of likely N-dealkylation sites (N-methyl/N-ethyl adjacent to an activating group) is 1. The number of hydrogen-bond donors (Lipinski definition) is 1. The normalized spacial score (nSPS) is 13.3. The molecule has 0 rings (SSSR count). The van der Waals surface area contributed by atoms with Crippen molar-refractivity contribution in [3.8, 4) is 0 Å². The number of carboxylic acid groups (broad SMARTS) is 2. The van der Waals surface area contributed by atoms with Gasteiger partial charge in [-0.2, -0.15) is 0 Å². The molecule has 0 aliphatic heterocycles. The second-order valence-electron chi connectivity index (χ2n) is 6.51. The van der Waals surface area contributed by atoms with Gasteiger partial charge < -0.3 is 24.2 Å². The minimum Gasteiger partial charge on any atom is -0.550 e. The van der Waals surface area contributed by atoms with E-state index in [1.54, 1.807) is 12.2 Å². The molecule has 0 aromatic heterocycles. The number of rotatable bonds is 12. The summed E-state index contributed by atoms with van der Waals surface area (Å²) in [5.41, 5.74) is 0. The number of nitrogens with zero attached hydrogens (tertiary/aromatic N) is 1. The van der Waals surface area contributed by atoms with Crippen molar-refractivity contribution in [3.63, 3.8) is 0 Å². The minimum atomic E-state index is -1.24. The van der Waals surface area contributed by atoms with Crippen molar-refractivity contribution in [2.45, 2.75) is 38.2 Å². The topological polar surface area (TPSA) is 104 Å². The van der Waals surface area contributed by atoms with Gasteiger partial charge in [0.2, 0.25) is 0 Å². The van der Waals surface area contributed by atoms with Gasteiger partial charge in [0.05, 0.1) is 27.6 Å². The van der Waals surface area contributed by atoms with Crippen LogP contribution in [0.1, 0.15) is 32.1 Å². The Morgan fingerprint density at radius 2 is 1.75 bits per heavy atom. The Kier molecular flexibility index (Phi) is 10.4. The number of esters is 1. The van der Waals surface area contributed by atoms with E-state index >= 15 is 0 Å². The van der Waals surface area contributed by atoms with Gasteiger partial charge in [-0.1, -0.05) is 18.2 Å². The van der Waals surface area contributed by atoms with Gasteiger partial charge in [-0.05, 0) is 19.3 Å². The molecular formula is C17H27NO6. The lowest BCUT2D eigenvalue weighted by Gasteiger charge is -2.29. The van der Waals surface area contributed by atoms with E-state index in [0.29, 0.717) is 17.4 Å². The van der Waals surface area contributed by atoms with Crippen LogP contribution in [-0.2, 0) is 19.1 Å². The Labute approximate surface area is 142 Å². The first-order valence-corrected chi connectivity index (χ1v) is 7.84. The molecule has 1 unspecified atom stereocenters. The van der Waals surface area contributed by atoms with E-state index in [4.69, 9.17) is 9.84 Å². The van der Waals surface area contributed by atoms with Crippen molar-refractivity contribution in [2.75, 3.05) is 27.7 Å². The molecule has 0 radical (unpaired) electrons. The van der Waals surface area contributed by atoms with Crippen LogP contribution in [0.2, 0.25) is 0 Å². The highest BCUT2D eigenvalue weighted by atomic mass is 16.5. The summed E-state index contributed by atoms with van der Waals surface area (Å²) in [6, 6.07) is 0. The summed E-state index contributed by atoms with van der Waals surface area (Å²) in [5.74, 6) is -2.68. The highest BCUT2D eigenvalue weighted by molar-refractivity contribution is 5.79. The Morgan fingerprint density at radius 3 is 2.29 bits per heavy atom. The summed E-state index contributed by atoms with van der Waals surface area (Å²) in [7, 11) is 5.65. The summed E-state index contributed by atoms with van der Waals surface area (Å²) in [6.07, 6.45) is 7.38. The van der Waals surface area contributed by atoms with Crippen molar-refractivity contribution in [3.05, 3.63) is 24.3 Å². The van der Waals surface area contributed by atoms with E-state index in [0.717, 1.165) is 18.9 Å². The zero-order valence-electron chi connectivity index (χ0n) is 14.6. The molecule has 0 aliphatic rings. The number of carbonyl (C=O) groups excluding carboxylic acids is 2. The molecule has 136 valence electrons.